The summed E-state index contributed by atoms with van der Waals surface area (Å²) >= 11 is 0. The number of primary amides is 1. The Balaban J connectivity index is 1.40. The van der Waals surface area contributed by atoms with E-state index in [9.17, 15) is 14.4 Å². The second-order valence-corrected chi connectivity index (χ2v) is 10.6. The van der Waals surface area contributed by atoms with Crippen LogP contribution in [0.25, 0.3) is 22.0 Å². The fraction of sp³-hybridized carbons (Fsp3) is 0.250. The first-order valence-corrected chi connectivity index (χ1v) is 13.5. The van der Waals surface area contributed by atoms with Crippen LogP contribution in [-0.4, -0.2) is 41.6 Å². The highest BCUT2D eigenvalue weighted by Gasteiger charge is 2.16. The molecular weight excluding hydrogens is 518 g/mol. The molecule has 0 saturated carbocycles. The lowest BCUT2D eigenvalue weighted by atomic mass is 9.99. The number of rotatable bonds is 10. The quantitative estimate of drug-likeness (QED) is 0.184. The number of hydrogen-bond acceptors (Lipinski definition) is 6. The first kappa shape index (κ1) is 29.1. The number of fused-ring (bicyclic) bond motifs is 1. The van der Waals surface area contributed by atoms with E-state index in [1.807, 2.05) is 81.4 Å². The monoisotopic (exact) mass is 553 g/mol. The Kier molecular flexibility index (Phi) is 9.19. The van der Waals surface area contributed by atoms with Crippen molar-refractivity contribution in [2.45, 2.75) is 39.2 Å². The van der Waals surface area contributed by atoms with Gasteiger partial charge >= 0.3 is 6.09 Å². The van der Waals surface area contributed by atoms with Crippen molar-refractivity contribution in [3.05, 3.63) is 90.1 Å². The lowest BCUT2D eigenvalue weighted by Crippen LogP contribution is -2.33. The highest BCUT2D eigenvalue weighted by molar-refractivity contribution is 6.08. The summed E-state index contributed by atoms with van der Waals surface area (Å²) in [7, 11) is 0. The molecule has 9 nitrogen and oxygen atoms in total. The van der Waals surface area contributed by atoms with Gasteiger partial charge in [-0.1, -0.05) is 36.4 Å². The number of pyridine rings is 1. The average molecular weight is 554 g/mol. The third-order valence-electron chi connectivity index (χ3n) is 6.21. The standard InChI is InChI=1S/C32H35N5O4/c1-32(2,3)41-31(40)35-18-8-7-17-34-30(39)22-13-11-21(12-14-22)23-15-16-27-25(19-23)28(26(20-36-27)29(33)38)37-24-9-5-4-6-10-24/h4-6,9-16,19-20H,7-8,17-18H2,1-3H3,(H2,33,38)(H,34,39)(H,35,40)(H,36,37). The molecule has 0 bridgehead atoms. The minimum absolute atomic E-state index is 0.167. The summed E-state index contributed by atoms with van der Waals surface area (Å²) in [5.74, 6) is -0.738. The Morgan fingerprint density at radius 3 is 2.17 bits per heavy atom. The van der Waals surface area contributed by atoms with Gasteiger partial charge in [0.25, 0.3) is 11.8 Å². The first-order valence-electron chi connectivity index (χ1n) is 13.5. The number of nitrogens with two attached hydrogens (primary N) is 1. The molecule has 41 heavy (non-hydrogen) atoms. The molecule has 0 aliphatic rings. The van der Waals surface area contributed by atoms with E-state index in [0.29, 0.717) is 36.3 Å². The molecule has 0 aliphatic heterocycles. The predicted molar refractivity (Wildman–Crippen MR) is 161 cm³/mol. The molecule has 0 spiro atoms. The highest BCUT2D eigenvalue weighted by atomic mass is 16.6. The number of alkyl carbamates (subject to hydrolysis) is 1. The van der Waals surface area contributed by atoms with Crippen molar-refractivity contribution in [2.75, 3.05) is 18.4 Å². The maximum absolute atomic E-state index is 12.6. The SMILES string of the molecule is CC(C)(C)OC(=O)NCCCCNC(=O)c1ccc(-c2ccc3ncc(C(N)=O)c(Nc4ccccc4)c3c2)cc1. The largest absolute Gasteiger partial charge is 0.444 e. The number of hydrogen-bond donors (Lipinski definition) is 4. The van der Waals surface area contributed by atoms with Gasteiger partial charge in [0, 0.05) is 35.9 Å². The Morgan fingerprint density at radius 1 is 0.854 bits per heavy atom. The molecule has 1 heterocycles. The summed E-state index contributed by atoms with van der Waals surface area (Å²) in [6, 6.07) is 22.7. The Morgan fingerprint density at radius 2 is 1.51 bits per heavy atom. The molecular formula is C32H35N5O4. The van der Waals surface area contributed by atoms with Gasteiger partial charge in [-0.05, 0) is 81.1 Å². The zero-order chi connectivity index (χ0) is 29.4. The molecule has 0 saturated heterocycles. The van der Waals surface area contributed by atoms with E-state index in [1.165, 1.54) is 6.20 Å². The molecule has 9 heteroatoms. The number of carbonyl (C=O) groups is 3. The number of aromatic nitrogens is 1. The third kappa shape index (κ3) is 8.04. The van der Waals surface area contributed by atoms with Crippen molar-refractivity contribution in [2.24, 2.45) is 5.73 Å². The normalized spacial score (nSPS) is 11.1. The molecule has 4 rings (SSSR count). The molecule has 0 unspecified atom stereocenters. The topological polar surface area (TPSA) is 135 Å². The van der Waals surface area contributed by atoms with Crippen LogP contribution in [-0.2, 0) is 4.74 Å². The van der Waals surface area contributed by atoms with Crippen LogP contribution in [0, 0.1) is 0 Å². The summed E-state index contributed by atoms with van der Waals surface area (Å²) in [6.45, 7) is 6.41. The fourth-order valence-corrected chi connectivity index (χ4v) is 4.23. The summed E-state index contributed by atoms with van der Waals surface area (Å²) in [5.41, 5.74) is 9.92. The van der Waals surface area contributed by atoms with Gasteiger partial charge in [-0.15, -0.1) is 0 Å². The first-order chi connectivity index (χ1) is 19.6. The lowest BCUT2D eigenvalue weighted by Gasteiger charge is -2.19. The third-order valence-corrected chi connectivity index (χ3v) is 6.21. The summed E-state index contributed by atoms with van der Waals surface area (Å²) in [6.07, 6.45) is 2.48. The summed E-state index contributed by atoms with van der Waals surface area (Å²) < 4.78 is 5.20. The zero-order valence-electron chi connectivity index (χ0n) is 23.5. The number of unbranched alkanes of at least 4 members (excludes halogenated alkanes) is 1. The van der Waals surface area contributed by atoms with Gasteiger partial charge in [0.1, 0.15) is 5.60 Å². The molecule has 1 aromatic heterocycles. The molecule has 0 radical (unpaired) electrons. The van der Waals surface area contributed by atoms with Crippen LogP contribution in [0.5, 0.6) is 0 Å². The number of anilines is 2. The Hall–Kier alpha value is -4.92. The van der Waals surface area contributed by atoms with Crippen molar-refractivity contribution in [3.8, 4) is 11.1 Å². The molecule has 212 valence electrons. The fourth-order valence-electron chi connectivity index (χ4n) is 4.23. The van der Waals surface area contributed by atoms with Gasteiger partial charge in [-0.3, -0.25) is 14.6 Å². The van der Waals surface area contributed by atoms with Crippen LogP contribution < -0.4 is 21.7 Å². The van der Waals surface area contributed by atoms with Crippen LogP contribution in [0.1, 0.15) is 54.3 Å². The minimum Gasteiger partial charge on any atom is -0.444 e. The average Bonchev–Trinajstić information content (AvgIpc) is 2.94. The summed E-state index contributed by atoms with van der Waals surface area (Å²) in [4.78, 5) is 40.9. The van der Waals surface area contributed by atoms with Crippen molar-refractivity contribution in [3.63, 3.8) is 0 Å². The Labute approximate surface area is 239 Å². The number of benzene rings is 3. The minimum atomic E-state index is -0.571. The number of amides is 3. The van der Waals surface area contributed by atoms with Crippen molar-refractivity contribution in [1.82, 2.24) is 15.6 Å². The van der Waals surface area contributed by atoms with E-state index < -0.39 is 17.6 Å². The number of carbonyl (C=O) groups excluding carboxylic acids is 3. The second-order valence-electron chi connectivity index (χ2n) is 10.6. The molecule has 0 fully saturated rings. The number of nitrogens with one attached hydrogen (secondary N) is 3. The number of nitrogens with zero attached hydrogens (tertiary/aromatic N) is 1. The molecule has 3 aromatic carbocycles. The Bertz CT molecular complexity index is 1530. The van der Waals surface area contributed by atoms with Gasteiger partial charge in [-0.2, -0.15) is 0 Å². The van der Waals surface area contributed by atoms with Crippen molar-refractivity contribution in [1.29, 1.82) is 0 Å². The number of para-hydroxylation sites is 1. The van der Waals surface area contributed by atoms with Gasteiger partial charge in [-0.25, -0.2) is 4.79 Å². The number of ether oxygens (including phenoxy) is 1. The van der Waals surface area contributed by atoms with Gasteiger partial charge < -0.3 is 26.4 Å². The molecule has 4 aromatic rings. The smallest absolute Gasteiger partial charge is 0.407 e. The van der Waals surface area contributed by atoms with E-state index in [0.717, 1.165) is 34.1 Å². The van der Waals surface area contributed by atoms with Crippen LogP contribution in [0.3, 0.4) is 0 Å². The van der Waals surface area contributed by atoms with Crippen LogP contribution >= 0.6 is 0 Å². The summed E-state index contributed by atoms with van der Waals surface area (Å²) in [5, 5.41) is 9.70. The molecule has 0 aliphatic carbocycles. The zero-order valence-corrected chi connectivity index (χ0v) is 23.5. The molecule has 0 atom stereocenters. The molecule has 5 N–H and O–H groups in total. The van der Waals surface area contributed by atoms with Crippen molar-refractivity contribution >= 4 is 40.2 Å². The maximum atomic E-state index is 12.6. The van der Waals surface area contributed by atoms with E-state index in [2.05, 4.69) is 20.9 Å². The van der Waals surface area contributed by atoms with E-state index in [4.69, 9.17) is 10.5 Å². The van der Waals surface area contributed by atoms with Crippen molar-refractivity contribution < 1.29 is 19.1 Å². The molecule has 3 amide bonds. The van der Waals surface area contributed by atoms with Crippen LogP contribution in [0.4, 0.5) is 16.2 Å². The predicted octanol–water partition coefficient (Wildman–Crippen LogP) is 5.78. The van der Waals surface area contributed by atoms with E-state index in [-0.39, 0.29) is 5.91 Å². The van der Waals surface area contributed by atoms with Crippen LogP contribution in [0.2, 0.25) is 0 Å². The highest BCUT2D eigenvalue weighted by Crippen LogP contribution is 2.32. The second kappa shape index (κ2) is 13.0. The van der Waals surface area contributed by atoms with Crippen LogP contribution in [0.15, 0.2) is 79.0 Å². The van der Waals surface area contributed by atoms with E-state index in [1.54, 1.807) is 12.1 Å². The van der Waals surface area contributed by atoms with Gasteiger partial charge in [0.15, 0.2) is 0 Å². The van der Waals surface area contributed by atoms with E-state index >= 15 is 0 Å². The lowest BCUT2D eigenvalue weighted by molar-refractivity contribution is 0.0526. The maximum Gasteiger partial charge on any atom is 0.407 e. The van der Waals surface area contributed by atoms with Gasteiger partial charge in [0.2, 0.25) is 0 Å². The van der Waals surface area contributed by atoms with Gasteiger partial charge in [0.05, 0.1) is 16.8 Å².